The van der Waals surface area contributed by atoms with Crippen molar-refractivity contribution in [2.24, 2.45) is 0 Å². The molecule has 0 amide bonds. The van der Waals surface area contributed by atoms with Gasteiger partial charge in [0.25, 0.3) is 0 Å². The first-order chi connectivity index (χ1) is 11.7. The minimum atomic E-state index is 0.560. The molecule has 24 heavy (non-hydrogen) atoms. The minimum absolute atomic E-state index is 0.560. The third kappa shape index (κ3) is 2.73. The van der Waals surface area contributed by atoms with Crippen molar-refractivity contribution in [3.8, 4) is 11.3 Å². The summed E-state index contributed by atoms with van der Waals surface area (Å²) in [6.45, 7) is 0. The maximum atomic E-state index is 4.89. The zero-order valence-electron chi connectivity index (χ0n) is 14.4. The molecule has 1 saturated carbocycles. The molecule has 1 aliphatic rings. The average molecular weight is 320 g/mol. The molecule has 0 aliphatic heterocycles. The van der Waals surface area contributed by atoms with Crippen LogP contribution < -0.4 is 10.2 Å². The highest BCUT2D eigenvalue weighted by Gasteiger charge is 2.20. The van der Waals surface area contributed by atoms with Crippen molar-refractivity contribution in [2.45, 2.75) is 31.7 Å². The molecular formula is C20H24N4. The molecule has 2 heterocycles. The Labute approximate surface area is 143 Å². The number of fused-ring (bicyclic) bond motifs is 1. The Hall–Kier alpha value is -2.49. The standard InChI is InChI=1S/C20H24N4/c1-23(2)17-12-10-15(11-13-17)19-20(21-16-7-3-4-8-16)24-14-6-5-9-18(24)22-19/h5-6,9-14,16,21H,3-4,7-8H2,1-2H3. The molecule has 4 heteroatoms. The molecule has 1 aliphatic carbocycles. The first-order valence-corrected chi connectivity index (χ1v) is 8.74. The highest BCUT2D eigenvalue weighted by Crippen LogP contribution is 2.32. The Morgan fingerprint density at radius 2 is 1.79 bits per heavy atom. The topological polar surface area (TPSA) is 32.6 Å². The summed E-state index contributed by atoms with van der Waals surface area (Å²) in [5, 5.41) is 3.76. The predicted molar refractivity (Wildman–Crippen MR) is 101 cm³/mol. The zero-order chi connectivity index (χ0) is 16.5. The van der Waals surface area contributed by atoms with Crippen LogP contribution in [0.2, 0.25) is 0 Å². The number of hydrogen-bond donors (Lipinski definition) is 1. The van der Waals surface area contributed by atoms with E-state index in [1.165, 1.54) is 31.4 Å². The van der Waals surface area contributed by atoms with Crippen LogP contribution in [0.1, 0.15) is 25.7 Å². The second-order valence-electron chi connectivity index (χ2n) is 6.80. The molecule has 3 aromatic rings. The first kappa shape index (κ1) is 15.1. The molecule has 4 nitrogen and oxygen atoms in total. The van der Waals surface area contributed by atoms with Gasteiger partial charge in [0.1, 0.15) is 17.2 Å². The second-order valence-corrected chi connectivity index (χ2v) is 6.80. The lowest BCUT2D eigenvalue weighted by Gasteiger charge is -2.15. The van der Waals surface area contributed by atoms with Crippen LogP contribution in [0.3, 0.4) is 0 Å². The van der Waals surface area contributed by atoms with Gasteiger partial charge >= 0.3 is 0 Å². The smallest absolute Gasteiger partial charge is 0.139 e. The van der Waals surface area contributed by atoms with Gasteiger partial charge in [-0.25, -0.2) is 4.98 Å². The second kappa shape index (κ2) is 6.19. The predicted octanol–water partition coefficient (Wildman–Crippen LogP) is 4.42. The molecule has 0 unspecified atom stereocenters. The van der Waals surface area contributed by atoms with E-state index in [9.17, 15) is 0 Å². The van der Waals surface area contributed by atoms with Crippen LogP contribution in [0.5, 0.6) is 0 Å². The van der Waals surface area contributed by atoms with E-state index in [4.69, 9.17) is 4.98 Å². The van der Waals surface area contributed by atoms with Crippen molar-refractivity contribution in [3.63, 3.8) is 0 Å². The Balaban J connectivity index is 1.78. The van der Waals surface area contributed by atoms with Crippen molar-refractivity contribution in [3.05, 3.63) is 48.7 Å². The molecule has 2 aromatic heterocycles. The van der Waals surface area contributed by atoms with Crippen molar-refractivity contribution in [2.75, 3.05) is 24.3 Å². The monoisotopic (exact) mass is 320 g/mol. The summed E-state index contributed by atoms with van der Waals surface area (Å²) in [5.41, 5.74) is 4.39. The molecule has 1 aromatic carbocycles. The van der Waals surface area contributed by atoms with Crippen LogP contribution >= 0.6 is 0 Å². The maximum absolute atomic E-state index is 4.89. The van der Waals surface area contributed by atoms with Gasteiger partial charge in [0.15, 0.2) is 0 Å². The number of aromatic nitrogens is 2. The Bertz CT molecular complexity index is 826. The summed E-state index contributed by atoms with van der Waals surface area (Å²) < 4.78 is 2.17. The van der Waals surface area contributed by atoms with Crippen molar-refractivity contribution >= 4 is 17.2 Å². The van der Waals surface area contributed by atoms with Crippen LogP contribution in [0.25, 0.3) is 16.9 Å². The summed E-state index contributed by atoms with van der Waals surface area (Å²) in [6.07, 6.45) is 7.23. The number of nitrogens with zero attached hydrogens (tertiary/aromatic N) is 3. The van der Waals surface area contributed by atoms with Crippen LogP contribution in [-0.2, 0) is 0 Å². The van der Waals surface area contributed by atoms with Gasteiger partial charge in [0.2, 0.25) is 0 Å². The normalized spacial score (nSPS) is 15.1. The number of rotatable bonds is 4. The summed E-state index contributed by atoms with van der Waals surface area (Å²) >= 11 is 0. The number of anilines is 2. The fraction of sp³-hybridized carbons (Fsp3) is 0.350. The number of nitrogens with one attached hydrogen (secondary N) is 1. The van der Waals surface area contributed by atoms with Crippen molar-refractivity contribution in [1.82, 2.24) is 9.38 Å². The van der Waals surface area contributed by atoms with E-state index in [-0.39, 0.29) is 0 Å². The van der Waals surface area contributed by atoms with E-state index in [1.54, 1.807) is 0 Å². The molecule has 4 rings (SSSR count). The SMILES string of the molecule is CN(C)c1ccc(-c2nc3ccccn3c2NC2CCCC2)cc1. The zero-order valence-corrected chi connectivity index (χ0v) is 14.4. The number of pyridine rings is 1. The van der Waals surface area contributed by atoms with Gasteiger partial charge in [-0.1, -0.05) is 31.0 Å². The molecule has 0 radical (unpaired) electrons. The lowest BCUT2D eigenvalue weighted by molar-refractivity contribution is 0.749. The van der Waals surface area contributed by atoms with Crippen LogP contribution in [0.4, 0.5) is 11.5 Å². The highest BCUT2D eigenvalue weighted by atomic mass is 15.1. The van der Waals surface area contributed by atoms with Gasteiger partial charge in [-0.05, 0) is 37.1 Å². The summed E-state index contributed by atoms with van der Waals surface area (Å²) in [5.74, 6) is 1.12. The lowest BCUT2D eigenvalue weighted by atomic mass is 10.1. The molecule has 0 saturated heterocycles. The van der Waals surface area contributed by atoms with E-state index in [0.29, 0.717) is 6.04 Å². The number of benzene rings is 1. The van der Waals surface area contributed by atoms with E-state index >= 15 is 0 Å². The van der Waals surface area contributed by atoms with E-state index in [2.05, 4.69) is 71.3 Å². The maximum Gasteiger partial charge on any atom is 0.139 e. The highest BCUT2D eigenvalue weighted by molar-refractivity contribution is 5.77. The Kier molecular flexibility index (Phi) is 3.89. The third-order valence-electron chi connectivity index (χ3n) is 4.88. The van der Waals surface area contributed by atoms with Gasteiger partial charge < -0.3 is 10.2 Å². The largest absolute Gasteiger partial charge is 0.378 e. The minimum Gasteiger partial charge on any atom is -0.378 e. The lowest BCUT2D eigenvalue weighted by Crippen LogP contribution is -2.16. The summed E-state index contributed by atoms with van der Waals surface area (Å²) in [4.78, 5) is 7.00. The molecule has 0 bridgehead atoms. The molecule has 0 spiro atoms. The average Bonchev–Trinajstić information content (AvgIpc) is 3.24. The van der Waals surface area contributed by atoms with Gasteiger partial charge in [0.05, 0.1) is 0 Å². The molecule has 0 atom stereocenters. The van der Waals surface area contributed by atoms with Crippen molar-refractivity contribution in [1.29, 1.82) is 0 Å². The third-order valence-corrected chi connectivity index (χ3v) is 4.88. The Morgan fingerprint density at radius 3 is 2.50 bits per heavy atom. The van der Waals surface area contributed by atoms with Gasteiger partial charge in [-0.3, -0.25) is 4.40 Å². The summed E-state index contributed by atoms with van der Waals surface area (Å²) in [6, 6.07) is 15.4. The summed E-state index contributed by atoms with van der Waals surface area (Å²) in [7, 11) is 4.13. The van der Waals surface area contributed by atoms with Crippen LogP contribution in [-0.4, -0.2) is 29.5 Å². The molecular weight excluding hydrogens is 296 g/mol. The Morgan fingerprint density at radius 1 is 1.04 bits per heavy atom. The first-order valence-electron chi connectivity index (χ1n) is 8.74. The quantitative estimate of drug-likeness (QED) is 0.772. The number of imidazole rings is 1. The van der Waals surface area contributed by atoms with E-state index in [0.717, 1.165) is 22.7 Å². The molecule has 124 valence electrons. The molecule has 1 N–H and O–H groups in total. The van der Waals surface area contributed by atoms with E-state index < -0.39 is 0 Å². The van der Waals surface area contributed by atoms with Gasteiger partial charge in [0, 0.05) is 37.6 Å². The van der Waals surface area contributed by atoms with Crippen LogP contribution in [0.15, 0.2) is 48.7 Å². The van der Waals surface area contributed by atoms with Gasteiger partial charge in [-0.2, -0.15) is 0 Å². The van der Waals surface area contributed by atoms with Gasteiger partial charge in [-0.15, -0.1) is 0 Å². The molecule has 1 fully saturated rings. The van der Waals surface area contributed by atoms with E-state index in [1.807, 2.05) is 6.07 Å². The van der Waals surface area contributed by atoms with Crippen LogP contribution in [0, 0.1) is 0 Å². The fourth-order valence-corrected chi connectivity index (χ4v) is 3.52. The fourth-order valence-electron chi connectivity index (χ4n) is 3.52. The number of hydrogen-bond acceptors (Lipinski definition) is 3. The van der Waals surface area contributed by atoms with Crippen molar-refractivity contribution < 1.29 is 0 Å².